The molecular weight excluding hydrogens is 380 g/mol. The molecular formula is C20H24N2O7. The van der Waals surface area contributed by atoms with Crippen LogP contribution in [-0.2, 0) is 28.7 Å². The Morgan fingerprint density at radius 3 is 2.41 bits per heavy atom. The number of hydrogen-bond donors (Lipinski definition) is 1. The molecule has 1 fully saturated rings. The number of methoxy groups -OCH3 is 1. The smallest absolute Gasteiger partial charge is 0.338 e. The van der Waals surface area contributed by atoms with Crippen molar-refractivity contribution in [2.75, 3.05) is 18.6 Å². The maximum absolute atomic E-state index is 12.3. The van der Waals surface area contributed by atoms with Crippen LogP contribution in [0.2, 0.25) is 0 Å². The standard InChI is InChI=1S/C20H24N2O7/c1-4-12(2)18(20(27)28-3)21-15(23)11-29-19(26)13-6-5-7-14(10-13)22-16(24)8-9-17(22)25/h5-7,10,12,18H,4,8-9,11H2,1-3H3,(H,21,23)/t12-,18+/m0/s1. The van der Waals surface area contributed by atoms with Gasteiger partial charge in [0.1, 0.15) is 6.04 Å². The van der Waals surface area contributed by atoms with E-state index in [1.54, 1.807) is 6.92 Å². The second kappa shape index (κ2) is 9.81. The SMILES string of the molecule is CC[C@H](C)[C@@H](NC(=O)COC(=O)c1cccc(N2C(=O)CCC2=O)c1)C(=O)OC. The third-order valence-corrected chi connectivity index (χ3v) is 4.71. The molecule has 1 aromatic rings. The number of benzene rings is 1. The minimum atomic E-state index is -0.841. The lowest BCUT2D eigenvalue weighted by atomic mass is 9.99. The van der Waals surface area contributed by atoms with E-state index in [9.17, 15) is 24.0 Å². The van der Waals surface area contributed by atoms with Crippen LogP contribution in [0.1, 0.15) is 43.5 Å². The maximum Gasteiger partial charge on any atom is 0.338 e. The van der Waals surface area contributed by atoms with Gasteiger partial charge in [0, 0.05) is 12.8 Å². The van der Waals surface area contributed by atoms with E-state index in [2.05, 4.69) is 10.1 Å². The fraction of sp³-hybridized carbons (Fsp3) is 0.450. The van der Waals surface area contributed by atoms with Gasteiger partial charge >= 0.3 is 11.9 Å². The number of nitrogens with one attached hydrogen (secondary N) is 1. The summed E-state index contributed by atoms with van der Waals surface area (Å²) >= 11 is 0. The number of imide groups is 1. The summed E-state index contributed by atoms with van der Waals surface area (Å²) < 4.78 is 9.69. The molecule has 0 unspecified atom stereocenters. The van der Waals surface area contributed by atoms with Gasteiger partial charge in [-0.15, -0.1) is 0 Å². The molecule has 3 amide bonds. The Hall–Kier alpha value is -3.23. The van der Waals surface area contributed by atoms with Gasteiger partial charge < -0.3 is 14.8 Å². The molecule has 9 nitrogen and oxygen atoms in total. The number of hydrogen-bond acceptors (Lipinski definition) is 7. The topological polar surface area (TPSA) is 119 Å². The van der Waals surface area contributed by atoms with Crippen molar-refractivity contribution in [1.82, 2.24) is 5.32 Å². The van der Waals surface area contributed by atoms with Gasteiger partial charge in [-0.2, -0.15) is 0 Å². The molecule has 0 spiro atoms. The summed E-state index contributed by atoms with van der Waals surface area (Å²) in [6.45, 7) is 3.07. The summed E-state index contributed by atoms with van der Waals surface area (Å²) in [6, 6.07) is 5.02. The van der Waals surface area contributed by atoms with Gasteiger partial charge in [-0.3, -0.25) is 19.3 Å². The summed E-state index contributed by atoms with van der Waals surface area (Å²) in [5, 5.41) is 2.50. The van der Waals surface area contributed by atoms with E-state index in [4.69, 9.17) is 4.74 Å². The van der Waals surface area contributed by atoms with Crippen molar-refractivity contribution >= 4 is 35.3 Å². The molecule has 1 aliphatic heterocycles. The van der Waals surface area contributed by atoms with Crippen molar-refractivity contribution in [3.05, 3.63) is 29.8 Å². The van der Waals surface area contributed by atoms with Crippen molar-refractivity contribution in [1.29, 1.82) is 0 Å². The van der Waals surface area contributed by atoms with E-state index in [1.165, 1.54) is 31.4 Å². The number of ether oxygens (including phenoxy) is 2. The van der Waals surface area contributed by atoms with Gasteiger partial charge in [-0.05, 0) is 24.1 Å². The Morgan fingerprint density at radius 2 is 1.83 bits per heavy atom. The molecule has 0 aromatic heterocycles. The molecule has 1 heterocycles. The molecule has 9 heteroatoms. The van der Waals surface area contributed by atoms with E-state index in [0.29, 0.717) is 6.42 Å². The highest BCUT2D eigenvalue weighted by atomic mass is 16.5. The molecule has 0 radical (unpaired) electrons. The quantitative estimate of drug-likeness (QED) is 0.511. The van der Waals surface area contributed by atoms with Gasteiger partial charge in [0.05, 0.1) is 18.4 Å². The monoisotopic (exact) mass is 404 g/mol. The predicted octanol–water partition coefficient (Wildman–Crippen LogP) is 1.20. The number of esters is 2. The van der Waals surface area contributed by atoms with Crippen LogP contribution >= 0.6 is 0 Å². The first-order chi connectivity index (χ1) is 13.8. The molecule has 29 heavy (non-hydrogen) atoms. The molecule has 0 aliphatic carbocycles. The van der Waals surface area contributed by atoms with Crippen LogP contribution in [0.3, 0.4) is 0 Å². The minimum absolute atomic E-state index is 0.0919. The lowest BCUT2D eigenvalue weighted by molar-refractivity contribution is -0.147. The highest BCUT2D eigenvalue weighted by molar-refractivity contribution is 6.20. The number of rotatable bonds is 8. The van der Waals surface area contributed by atoms with E-state index in [-0.39, 0.29) is 41.8 Å². The molecule has 1 N–H and O–H groups in total. The van der Waals surface area contributed by atoms with Gasteiger partial charge in [0.2, 0.25) is 11.8 Å². The fourth-order valence-corrected chi connectivity index (χ4v) is 2.86. The first-order valence-corrected chi connectivity index (χ1v) is 9.28. The zero-order valence-electron chi connectivity index (χ0n) is 16.6. The zero-order chi connectivity index (χ0) is 21.6. The van der Waals surface area contributed by atoms with Crippen LogP contribution < -0.4 is 10.2 Å². The summed E-state index contributed by atoms with van der Waals surface area (Å²) in [5.74, 6) is -2.84. The average Bonchev–Trinajstić information content (AvgIpc) is 3.07. The number of amides is 3. The summed E-state index contributed by atoms with van der Waals surface area (Å²) in [5.41, 5.74) is 0.369. The summed E-state index contributed by atoms with van der Waals surface area (Å²) in [4.78, 5) is 60.9. The van der Waals surface area contributed by atoms with Crippen molar-refractivity contribution in [3.8, 4) is 0 Å². The van der Waals surface area contributed by atoms with Crippen LogP contribution in [0.15, 0.2) is 24.3 Å². The first kappa shape index (κ1) is 22.1. The second-order valence-electron chi connectivity index (χ2n) is 6.70. The number of anilines is 1. The number of nitrogens with zero attached hydrogens (tertiary/aromatic N) is 1. The Balaban J connectivity index is 1.99. The molecule has 2 atom stereocenters. The maximum atomic E-state index is 12.3. The minimum Gasteiger partial charge on any atom is -0.467 e. The van der Waals surface area contributed by atoms with E-state index in [0.717, 1.165) is 4.90 Å². The highest BCUT2D eigenvalue weighted by Gasteiger charge is 2.31. The summed E-state index contributed by atoms with van der Waals surface area (Å²) in [6.07, 6.45) is 0.900. The Bertz CT molecular complexity index is 805. The molecule has 2 rings (SSSR count). The molecule has 0 saturated carbocycles. The third-order valence-electron chi connectivity index (χ3n) is 4.71. The van der Waals surface area contributed by atoms with Crippen LogP contribution in [-0.4, -0.2) is 49.4 Å². The van der Waals surface area contributed by atoms with E-state index < -0.39 is 30.5 Å². The van der Waals surface area contributed by atoms with Gasteiger partial charge in [-0.25, -0.2) is 9.59 Å². The Kier molecular flexibility index (Phi) is 7.46. The average molecular weight is 404 g/mol. The normalized spacial score (nSPS) is 15.6. The lowest BCUT2D eigenvalue weighted by Gasteiger charge is -2.21. The molecule has 156 valence electrons. The zero-order valence-corrected chi connectivity index (χ0v) is 16.6. The third kappa shape index (κ3) is 5.40. The molecule has 1 aliphatic rings. The molecule has 1 aromatic carbocycles. The molecule has 0 bridgehead atoms. The number of carbonyl (C=O) groups is 5. The van der Waals surface area contributed by atoms with Gasteiger partial charge in [0.15, 0.2) is 6.61 Å². The Labute approximate surface area is 168 Å². The summed E-state index contributed by atoms with van der Waals surface area (Å²) in [7, 11) is 1.23. The van der Waals surface area contributed by atoms with Crippen molar-refractivity contribution < 1.29 is 33.4 Å². The van der Waals surface area contributed by atoms with E-state index >= 15 is 0 Å². The highest BCUT2D eigenvalue weighted by Crippen LogP contribution is 2.23. The molecule has 1 saturated heterocycles. The van der Waals surface area contributed by atoms with Gasteiger partial charge in [-0.1, -0.05) is 26.3 Å². The van der Waals surface area contributed by atoms with Crippen LogP contribution in [0.25, 0.3) is 0 Å². The number of carbonyl (C=O) groups excluding carboxylic acids is 5. The predicted molar refractivity (Wildman–Crippen MR) is 102 cm³/mol. The van der Waals surface area contributed by atoms with Gasteiger partial charge in [0.25, 0.3) is 5.91 Å². The van der Waals surface area contributed by atoms with Crippen molar-refractivity contribution in [3.63, 3.8) is 0 Å². The van der Waals surface area contributed by atoms with Crippen LogP contribution in [0.5, 0.6) is 0 Å². The second-order valence-corrected chi connectivity index (χ2v) is 6.70. The van der Waals surface area contributed by atoms with Crippen LogP contribution in [0, 0.1) is 5.92 Å². The van der Waals surface area contributed by atoms with Crippen LogP contribution in [0.4, 0.5) is 5.69 Å². The largest absolute Gasteiger partial charge is 0.467 e. The Morgan fingerprint density at radius 1 is 1.17 bits per heavy atom. The first-order valence-electron chi connectivity index (χ1n) is 9.28. The van der Waals surface area contributed by atoms with E-state index in [1.807, 2.05) is 6.92 Å². The lowest BCUT2D eigenvalue weighted by Crippen LogP contribution is -2.47. The van der Waals surface area contributed by atoms with Crippen molar-refractivity contribution in [2.45, 2.75) is 39.2 Å². The fourth-order valence-electron chi connectivity index (χ4n) is 2.86. The van der Waals surface area contributed by atoms with Crippen molar-refractivity contribution in [2.24, 2.45) is 5.92 Å².